The second-order valence-electron chi connectivity index (χ2n) is 3.46. The van der Waals surface area contributed by atoms with Crippen molar-refractivity contribution in [3.05, 3.63) is 59.7 Å². The molecule has 0 bridgehead atoms. The molecule has 0 aliphatic rings. The summed E-state index contributed by atoms with van der Waals surface area (Å²) in [4.78, 5) is 0. The minimum Gasteiger partial charge on any atom is -0.872 e. The summed E-state index contributed by atoms with van der Waals surface area (Å²) < 4.78 is 0. The Morgan fingerprint density at radius 2 is 0.882 bits per heavy atom. The molecule has 0 radical (unpaired) electrons. The third kappa shape index (κ3) is 6.34. The quantitative estimate of drug-likeness (QED) is 0.519. The van der Waals surface area contributed by atoms with Crippen LogP contribution < -0.4 is 113 Å². The molecule has 2 nitrogen and oxygen atoms in total. The van der Waals surface area contributed by atoms with E-state index in [0.29, 0.717) is 0 Å². The molecule has 0 heterocycles. The fourth-order valence-electron chi connectivity index (χ4n) is 1.45. The molecule has 0 spiro atoms. The van der Waals surface area contributed by atoms with Gasteiger partial charge in [-0.25, -0.2) is 0 Å². The Morgan fingerprint density at radius 1 is 0.588 bits per heavy atom. The molecular formula is C13H10K2O2. The summed E-state index contributed by atoms with van der Waals surface area (Å²) in [5.41, 5.74) is 2.15. The first-order valence-electron chi connectivity index (χ1n) is 4.76. The summed E-state index contributed by atoms with van der Waals surface area (Å²) in [7, 11) is 0. The van der Waals surface area contributed by atoms with Crippen LogP contribution in [0, 0.1) is 0 Å². The van der Waals surface area contributed by atoms with Gasteiger partial charge >= 0.3 is 103 Å². The minimum atomic E-state index is 0. The smallest absolute Gasteiger partial charge is 0.872 e. The van der Waals surface area contributed by atoms with E-state index in [1.165, 1.54) is 0 Å². The number of benzene rings is 2. The van der Waals surface area contributed by atoms with Crippen LogP contribution in [0.1, 0.15) is 11.1 Å². The standard InChI is InChI=1S/C13H12O2.2K/c14-12-5-1-10(2-6-12)9-11-3-7-13(15)8-4-11;;/h1-8,14-15H,9H2;;/q;2*+1/p-2. The van der Waals surface area contributed by atoms with Gasteiger partial charge in [0.2, 0.25) is 0 Å². The van der Waals surface area contributed by atoms with Crippen LogP contribution in [0.5, 0.6) is 11.5 Å². The van der Waals surface area contributed by atoms with E-state index in [1.54, 1.807) is 24.3 Å². The van der Waals surface area contributed by atoms with Crippen LogP contribution in [0.4, 0.5) is 0 Å². The zero-order valence-corrected chi connectivity index (χ0v) is 16.4. The van der Waals surface area contributed by atoms with Crippen LogP contribution in [-0.2, 0) is 6.42 Å². The Kier molecular flexibility index (Phi) is 9.97. The topological polar surface area (TPSA) is 46.1 Å². The Labute approximate surface area is 186 Å². The summed E-state index contributed by atoms with van der Waals surface area (Å²) in [6.07, 6.45) is 0.751. The van der Waals surface area contributed by atoms with Crippen molar-refractivity contribution >= 4 is 0 Å². The molecule has 0 saturated carbocycles. The van der Waals surface area contributed by atoms with Gasteiger partial charge in [0.25, 0.3) is 0 Å². The summed E-state index contributed by atoms with van der Waals surface area (Å²) in [5.74, 6) is 0.0438. The third-order valence-electron chi connectivity index (χ3n) is 2.25. The van der Waals surface area contributed by atoms with Gasteiger partial charge in [-0.2, -0.15) is 0 Å². The molecule has 0 aromatic heterocycles. The van der Waals surface area contributed by atoms with E-state index in [9.17, 15) is 10.2 Å². The zero-order valence-electron chi connectivity index (χ0n) is 10.1. The molecule has 4 heteroatoms. The van der Waals surface area contributed by atoms with Gasteiger partial charge in [-0.1, -0.05) is 48.5 Å². The van der Waals surface area contributed by atoms with Crippen molar-refractivity contribution < 1.29 is 113 Å². The van der Waals surface area contributed by atoms with Gasteiger partial charge in [0.15, 0.2) is 0 Å². The largest absolute Gasteiger partial charge is 1.00 e. The van der Waals surface area contributed by atoms with Crippen LogP contribution >= 0.6 is 0 Å². The first-order valence-corrected chi connectivity index (χ1v) is 4.76. The maximum absolute atomic E-state index is 10.9. The molecule has 0 atom stereocenters. The predicted octanol–water partition coefficient (Wildman–Crippen LogP) is -4.57. The molecule has 2 aromatic rings. The average Bonchev–Trinajstić information content (AvgIpc) is 2.25. The molecule has 17 heavy (non-hydrogen) atoms. The fourth-order valence-corrected chi connectivity index (χ4v) is 1.45. The van der Waals surface area contributed by atoms with E-state index >= 15 is 0 Å². The number of hydrogen-bond donors (Lipinski definition) is 0. The van der Waals surface area contributed by atoms with Crippen LogP contribution in [0.2, 0.25) is 0 Å². The van der Waals surface area contributed by atoms with E-state index in [2.05, 4.69) is 0 Å². The zero-order chi connectivity index (χ0) is 10.7. The van der Waals surface area contributed by atoms with Crippen molar-refractivity contribution in [3.8, 4) is 11.5 Å². The summed E-state index contributed by atoms with van der Waals surface area (Å²) in [5, 5.41) is 21.8. The first kappa shape index (κ1) is 18.3. The second-order valence-corrected chi connectivity index (χ2v) is 3.46. The third-order valence-corrected chi connectivity index (χ3v) is 2.25. The first-order chi connectivity index (χ1) is 7.24. The molecule has 0 aliphatic heterocycles. The second kappa shape index (κ2) is 9.25. The van der Waals surface area contributed by atoms with Crippen LogP contribution in [-0.4, -0.2) is 0 Å². The summed E-state index contributed by atoms with van der Waals surface area (Å²) >= 11 is 0. The number of hydrogen-bond acceptors (Lipinski definition) is 2. The average molecular weight is 276 g/mol. The van der Waals surface area contributed by atoms with E-state index in [1.807, 2.05) is 24.3 Å². The van der Waals surface area contributed by atoms with Crippen molar-refractivity contribution in [1.82, 2.24) is 0 Å². The van der Waals surface area contributed by atoms with Crippen LogP contribution in [0.25, 0.3) is 0 Å². The Balaban J connectivity index is 0.00000128. The van der Waals surface area contributed by atoms with Crippen molar-refractivity contribution in [2.24, 2.45) is 0 Å². The van der Waals surface area contributed by atoms with Gasteiger partial charge < -0.3 is 10.2 Å². The molecule has 0 N–H and O–H groups in total. The Bertz CT molecular complexity index is 394. The monoisotopic (exact) mass is 276 g/mol. The SMILES string of the molecule is [K+].[K+].[O-]c1ccc(Cc2ccc([O-])cc2)cc1. The van der Waals surface area contributed by atoms with Crippen LogP contribution in [0.15, 0.2) is 48.5 Å². The maximum atomic E-state index is 10.9. The van der Waals surface area contributed by atoms with Crippen molar-refractivity contribution in [3.63, 3.8) is 0 Å². The van der Waals surface area contributed by atoms with Crippen molar-refractivity contribution in [1.29, 1.82) is 0 Å². The van der Waals surface area contributed by atoms with E-state index in [0.717, 1.165) is 17.5 Å². The molecule has 2 rings (SSSR count). The molecule has 0 amide bonds. The Morgan fingerprint density at radius 3 is 1.18 bits per heavy atom. The minimum absolute atomic E-state index is 0. The molecular weight excluding hydrogens is 266 g/mol. The van der Waals surface area contributed by atoms with Crippen molar-refractivity contribution in [2.45, 2.75) is 6.42 Å². The Hall–Kier alpha value is 1.31. The molecule has 76 valence electrons. The van der Waals surface area contributed by atoms with Gasteiger partial charge in [-0.15, -0.1) is 11.5 Å². The number of rotatable bonds is 2. The molecule has 0 fully saturated rings. The van der Waals surface area contributed by atoms with Crippen molar-refractivity contribution in [2.75, 3.05) is 0 Å². The normalized spacial score (nSPS) is 8.94. The molecule has 0 saturated heterocycles. The molecule has 0 aliphatic carbocycles. The van der Waals surface area contributed by atoms with E-state index in [-0.39, 0.29) is 114 Å². The maximum Gasteiger partial charge on any atom is 1.00 e. The molecule has 2 aromatic carbocycles. The van der Waals surface area contributed by atoms with Crippen LogP contribution in [0.3, 0.4) is 0 Å². The van der Waals surface area contributed by atoms with Gasteiger partial charge in [0.1, 0.15) is 0 Å². The van der Waals surface area contributed by atoms with E-state index in [4.69, 9.17) is 0 Å². The van der Waals surface area contributed by atoms with E-state index < -0.39 is 0 Å². The predicted molar refractivity (Wildman–Crippen MR) is 54.6 cm³/mol. The van der Waals surface area contributed by atoms with Gasteiger partial charge in [-0.05, 0) is 17.5 Å². The summed E-state index contributed by atoms with van der Waals surface area (Å²) in [6, 6.07) is 13.5. The van der Waals surface area contributed by atoms with Gasteiger partial charge in [0, 0.05) is 0 Å². The fraction of sp³-hybridized carbons (Fsp3) is 0.0769. The summed E-state index contributed by atoms with van der Waals surface area (Å²) in [6.45, 7) is 0. The van der Waals surface area contributed by atoms with Gasteiger partial charge in [-0.3, -0.25) is 0 Å². The van der Waals surface area contributed by atoms with Gasteiger partial charge in [0.05, 0.1) is 0 Å². The molecule has 0 unspecified atom stereocenters.